The van der Waals surface area contributed by atoms with E-state index in [1.165, 1.54) is 4.88 Å². The second-order valence-corrected chi connectivity index (χ2v) is 10.6. The number of hydrogen-bond acceptors (Lipinski definition) is 5. The Morgan fingerprint density at radius 3 is 2.57 bits per heavy atom. The molecule has 9 heteroatoms. The van der Waals surface area contributed by atoms with Gasteiger partial charge in [0.15, 0.2) is 5.96 Å². The predicted octanol–water partition coefficient (Wildman–Crippen LogP) is 4.01. The number of nitrogens with one attached hydrogen (secondary N) is 1. The molecule has 0 bridgehead atoms. The first kappa shape index (κ1) is 24.5. The highest BCUT2D eigenvalue weighted by atomic mass is 127. The zero-order chi connectivity index (χ0) is 19.1. The van der Waals surface area contributed by atoms with E-state index in [0.29, 0.717) is 0 Å². The third-order valence-corrected chi connectivity index (χ3v) is 7.98. The highest BCUT2D eigenvalue weighted by molar-refractivity contribution is 14.0. The molecule has 0 atom stereocenters. The lowest BCUT2D eigenvalue weighted by Crippen LogP contribution is -2.54. The number of ether oxygens (including phenoxy) is 1. The number of guanidine groups is 1. The van der Waals surface area contributed by atoms with Gasteiger partial charge in [0.1, 0.15) is 0 Å². The molecule has 0 unspecified atom stereocenters. The van der Waals surface area contributed by atoms with Gasteiger partial charge < -0.3 is 15.0 Å². The molecule has 3 rings (SSSR count). The van der Waals surface area contributed by atoms with Crippen molar-refractivity contribution < 1.29 is 4.74 Å². The molecule has 2 aliphatic heterocycles. The standard InChI is InChI=1S/C19H31ClN4OS2.HI/c1-3-26-19(6-12-25-13-7-19)15-22-18(21-2)24-10-8-23(9-11-24)14-16-4-5-17(20)27-16;/h4-5H,3,6-15H2,1-2H3,(H,21,22);1H. The van der Waals surface area contributed by atoms with Crippen molar-refractivity contribution in [3.05, 3.63) is 21.3 Å². The van der Waals surface area contributed by atoms with E-state index in [1.54, 1.807) is 11.3 Å². The van der Waals surface area contributed by atoms with Gasteiger partial charge in [0.25, 0.3) is 0 Å². The third kappa shape index (κ3) is 6.91. The quantitative estimate of drug-likeness (QED) is 0.325. The SMILES string of the molecule is CCSC1(CNC(=NC)N2CCN(Cc3ccc(Cl)s3)CC2)CCOCC1.I. The molecule has 0 radical (unpaired) electrons. The maximum atomic E-state index is 6.05. The molecule has 2 fully saturated rings. The highest BCUT2D eigenvalue weighted by Gasteiger charge is 2.33. The van der Waals surface area contributed by atoms with Crippen molar-refractivity contribution in [2.45, 2.75) is 31.1 Å². The Balaban J connectivity index is 0.00000280. The molecule has 3 heterocycles. The molecule has 5 nitrogen and oxygen atoms in total. The average molecular weight is 559 g/mol. The summed E-state index contributed by atoms with van der Waals surface area (Å²) in [4.78, 5) is 10.8. The maximum Gasteiger partial charge on any atom is 0.193 e. The summed E-state index contributed by atoms with van der Waals surface area (Å²) in [5.74, 6) is 2.18. The number of nitrogens with zero attached hydrogens (tertiary/aromatic N) is 3. The zero-order valence-electron chi connectivity index (χ0n) is 16.8. The third-order valence-electron chi connectivity index (χ3n) is 5.32. The smallest absolute Gasteiger partial charge is 0.193 e. The van der Waals surface area contributed by atoms with Crippen molar-refractivity contribution in [3.8, 4) is 0 Å². The average Bonchev–Trinajstić information content (AvgIpc) is 3.09. The van der Waals surface area contributed by atoms with Crippen LogP contribution >= 0.6 is 58.7 Å². The summed E-state index contributed by atoms with van der Waals surface area (Å²) < 4.78 is 6.74. The number of rotatable bonds is 6. The van der Waals surface area contributed by atoms with Crippen LogP contribution in [0.4, 0.5) is 0 Å². The summed E-state index contributed by atoms with van der Waals surface area (Å²) in [6.45, 7) is 10.1. The molecule has 2 saturated heterocycles. The van der Waals surface area contributed by atoms with Crippen LogP contribution < -0.4 is 5.32 Å². The van der Waals surface area contributed by atoms with E-state index in [4.69, 9.17) is 16.3 Å². The lowest BCUT2D eigenvalue weighted by Gasteiger charge is -2.40. The molecule has 160 valence electrons. The topological polar surface area (TPSA) is 40.1 Å². The van der Waals surface area contributed by atoms with E-state index in [-0.39, 0.29) is 28.7 Å². The molecule has 28 heavy (non-hydrogen) atoms. The fourth-order valence-corrected chi connectivity index (χ4v) is 6.14. The first-order chi connectivity index (χ1) is 13.1. The molecular formula is C19H32ClIN4OS2. The van der Waals surface area contributed by atoms with Crippen molar-refractivity contribution in [3.63, 3.8) is 0 Å². The summed E-state index contributed by atoms with van der Waals surface area (Å²) in [5, 5.41) is 3.67. The number of thiophene rings is 1. The van der Waals surface area contributed by atoms with Crippen LogP contribution in [0.2, 0.25) is 4.34 Å². The van der Waals surface area contributed by atoms with Gasteiger partial charge in [0.2, 0.25) is 0 Å². The van der Waals surface area contributed by atoms with E-state index in [2.05, 4.69) is 44.9 Å². The maximum absolute atomic E-state index is 6.05. The second-order valence-electron chi connectivity index (χ2n) is 7.10. The fraction of sp³-hybridized carbons (Fsp3) is 0.737. The molecule has 0 aromatic carbocycles. The van der Waals surface area contributed by atoms with Gasteiger partial charge >= 0.3 is 0 Å². The normalized spacial score (nSPS) is 20.7. The van der Waals surface area contributed by atoms with Crippen LogP contribution in [-0.2, 0) is 11.3 Å². The fourth-order valence-electron chi connectivity index (χ4n) is 3.77. The monoisotopic (exact) mass is 558 g/mol. The van der Waals surface area contributed by atoms with E-state index in [1.807, 2.05) is 13.1 Å². The summed E-state index contributed by atoms with van der Waals surface area (Å²) >= 11 is 9.80. The van der Waals surface area contributed by atoms with Crippen LogP contribution in [0.25, 0.3) is 0 Å². The largest absolute Gasteiger partial charge is 0.381 e. The summed E-state index contributed by atoms with van der Waals surface area (Å²) in [6.07, 6.45) is 2.24. The number of thioether (sulfide) groups is 1. The van der Waals surface area contributed by atoms with Crippen molar-refractivity contribution in [2.24, 2.45) is 4.99 Å². The van der Waals surface area contributed by atoms with Crippen molar-refractivity contribution >= 4 is 64.6 Å². The molecule has 1 aromatic rings. The Kier molecular flexibility index (Phi) is 10.7. The molecule has 0 aliphatic carbocycles. The molecule has 0 spiro atoms. The zero-order valence-corrected chi connectivity index (χ0v) is 21.5. The van der Waals surface area contributed by atoms with Crippen LogP contribution in [-0.4, -0.2) is 79.2 Å². The minimum atomic E-state index is 0. The molecule has 2 aliphatic rings. The van der Waals surface area contributed by atoms with Gasteiger partial charge in [-0.3, -0.25) is 9.89 Å². The Labute approximate surface area is 199 Å². The Morgan fingerprint density at radius 2 is 2.00 bits per heavy atom. The van der Waals surface area contributed by atoms with E-state index in [0.717, 1.165) is 81.4 Å². The first-order valence-electron chi connectivity index (χ1n) is 9.78. The number of hydrogen-bond donors (Lipinski definition) is 1. The summed E-state index contributed by atoms with van der Waals surface area (Å²) in [6, 6.07) is 4.13. The Morgan fingerprint density at radius 1 is 1.29 bits per heavy atom. The number of piperazine rings is 1. The summed E-state index contributed by atoms with van der Waals surface area (Å²) in [5.41, 5.74) is 0. The van der Waals surface area contributed by atoms with Crippen molar-refractivity contribution in [1.82, 2.24) is 15.1 Å². The number of halogens is 2. The van der Waals surface area contributed by atoms with Gasteiger partial charge in [-0.1, -0.05) is 18.5 Å². The van der Waals surface area contributed by atoms with E-state index >= 15 is 0 Å². The van der Waals surface area contributed by atoms with Gasteiger partial charge in [0.05, 0.1) is 4.34 Å². The van der Waals surface area contributed by atoms with Crippen molar-refractivity contribution in [1.29, 1.82) is 0 Å². The summed E-state index contributed by atoms with van der Waals surface area (Å²) in [7, 11) is 1.89. The van der Waals surface area contributed by atoms with Gasteiger partial charge in [0, 0.05) is 69.2 Å². The molecule has 0 saturated carbocycles. The Bertz CT molecular complexity index is 611. The first-order valence-corrected chi connectivity index (χ1v) is 12.0. The van der Waals surface area contributed by atoms with Crippen LogP contribution in [0.1, 0.15) is 24.6 Å². The van der Waals surface area contributed by atoms with Crippen LogP contribution in [0, 0.1) is 0 Å². The van der Waals surface area contributed by atoms with Crippen LogP contribution in [0.15, 0.2) is 17.1 Å². The van der Waals surface area contributed by atoms with Crippen LogP contribution in [0.3, 0.4) is 0 Å². The Hall–Kier alpha value is 0.260. The molecule has 0 amide bonds. The molecular weight excluding hydrogens is 527 g/mol. The minimum Gasteiger partial charge on any atom is -0.381 e. The minimum absolute atomic E-state index is 0. The van der Waals surface area contributed by atoms with E-state index in [9.17, 15) is 0 Å². The second kappa shape index (κ2) is 12.2. The van der Waals surface area contributed by atoms with Crippen molar-refractivity contribution in [2.75, 3.05) is 58.7 Å². The molecule has 1 aromatic heterocycles. The van der Waals surface area contributed by atoms with Gasteiger partial charge in [-0.05, 0) is 30.7 Å². The van der Waals surface area contributed by atoms with Gasteiger partial charge in [-0.15, -0.1) is 35.3 Å². The van der Waals surface area contributed by atoms with Gasteiger partial charge in [-0.25, -0.2) is 0 Å². The highest BCUT2D eigenvalue weighted by Crippen LogP contribution is 2.34. The lowest BCUT2D eigenvalue weighted by molar-refractivity contribution is 0.0779. The molecule has 1 N–H and O–H groups in total. The lowest BCUT2D eigenvalue weighted by atomic mass is 9.99. The number of aliphatic imine (C=N–C) groups is 1. The predicted molar refractivity (Wildman–Crippen MR) is 134 cm³/mol. The van der Waals surface area contributed by atoms with E-state index < -0.39 is 0 Å². The van der Waals surface area contributed by atoms with Gasteiger partial charge in [-0.2, -0.15) is 11.8 Å². The van der Waals surface area contributed by atoms with Crippen LogP contribution in [0.5, 0.6) is 0 Å².